The van der Waals surface area contributed by atoms with E-state index in [0.717, 1.165) is 52.9 Å². The molecule has 1 saturated carbocycles. The Labute approximate surface area is 188 Å². The lowest BCUT2D eigenvalue weighted by Gasteiger charge is -2.57. The molecule has 2 bridgehead atoms. The number of carbonyl (C=O) groups excluding carboxylic acids is 1. The van der Waals surface area contributed by atoms with Gasteiger partial charge in [-0.05, 0) is 55.9 Å². The highest BCUT2D eigenvalue weighted by Crippen LogP contribution is 2.51. The van der Waals surface area contributed by atoms with Crippen molar-refractivity contribution in [1.82, 2.24) is 4.98 Å². The second kappa shape index (κ2) is 8.34. The van der Waals surface area contributed by atoms with E-state index in [1.807, 2.05) is 37.3 Å². The summed E-state index contributed by atoms with van der Waals surface area (Å²) in [5, 5.41) is 0.977. The number of benzene rings is 2. The Morgan fingerprint density at radius 2 is 1.72 bits per heavy atom. The number of pyridine rings is 1. The number of hydrogen-bond donors (Lipinski definition) is 0. The molecule has 3 aromatic rings. The molecule has 2 aromatic carbocycles. The smallest absolute Gasteiger partial charge is 0.340 e. The molecule has 0 spiro atoms. The molecule has 2 aliphatic heterocycles. The summed E-state index contributed by atoms with van der Waals surface area (Å²) in [6.45, 7) is 2.17. The molecule has 3 heterocycles. The maximum atomic E-state index is 12.8. The Morgan fingerprint density at radius 3 is 2.44 bits per heavy atom. The molecule has 0 amide bonds. The van der Waals surface area contributed by atoms with Gasteiger partial charge < -0.3 is 19.1 Å². The van der Waals surface area contributed by atoms with Crippen molar-refractivity contribution >= 4 is 22.6 Å². The normalized spacial score (nSPS) is 21.7. The third-order valence-corrected chi connectivity index (χ3v) is 6.83. The number of hydrogen-bond acceptors (Lipinski definition) is 6. The second-order valence-corrected chi connectivity index (χ2v) is 8.45. The summed E-state index contributed by atoms with van der Waals surface area (Å²) in [5.74, 6) is 1.57. The number of aromatic nitrogens is 1. The number of nitrogens with zero attached hydrogens (tertiary/aromatic N) is 2. The van der Waals surface area contributed by atoms with Gasteiger partial charge in [0.15, 0.2) is 0 Å². The van der Waals surface area contributed by atoms with Gasteiger partial charge in [-0.1, -0.05) is 24.3 Å². The van der Waals surface area contributed by atoms with E-state index in [1.165, 1.54) is 0 Å². The van der Waals surface area contributed by atoms with Gasteiger partial charge in [0.05, 0.1) is 32.1 Å². The molecule has 1 aliphatic carbocycles. The molecule has 166 valence electrons. The molecule has 3 aliphatic rings. The third-order valence-electron chi connectivity index (χ3n) is 6.83. The first-order valence-corrected chi connectivity index (χ1v) is 11.2. The Bertz CT molecular complexity index is 1150. The molecule has 6 heteroatoms. The van der Waals surface area contributed by atoms with Crippen LogP contribution >= 0.6 is 0 Å². The lowest BCUT2D eigenvalue weighted by Crippen LogP contribution is -2.60. The van der Waals surface area contributed by atoms with Crippen LogP contribution in [0.15, 0.2) is 48.7 Å². The predicted molar refractivity (Wildman–Crippen MR) is 124 cm³/mol. The SMILES string of the molecule is CCOC(=O)c1cnc2c(OC)cccc2c1C1CC2CC(C1)N2c1ccccc1OC. The van der Waals surface area contributed by atoms with E-state index in [4.69, 9.17) is 14.2 Å². The van der Waals surface area contributed by atoms with Gasteiger partial charge >= 0.3 is 5.97 Å². The van der Waals surface area contributed by atoms with Gasteiger partial charge in [0, 0.05) is 23.7 Å². The second-order valence-electron chi connectivity index (χ2n) is 8.45. The molecular weight excluding hydrogens is 404 g/mol. The molecule has 6 rings (SSSR count). The molecule has 1 aromatic heterocycles. The zero-order chi connectivity index (χ0) is 22.2. The number of rotatable bonds is 6. The maximum Gasteiger partial charge on any atom is 0.340 e. The highest BCUT2D eigenvalue weighted by molar-refractivity contribution is 5.99. The Balaban J connectivity index is 1.54. The highest BCUT2D eigenvalue weighted by atomic mass is 16.5. The number of esters is 1. The van der Waals surface area contributed by atoms with Crippen LogP contribution in [0.4, 0.5) is 5.69 Å². The van der Waals surface area contributed by atoms with Crippen molar-refractivity contribution in [3.05, 3.63) is 59.8 Å². The number of carbonyl (C=O) groups is 1. The van der Waals surface area contributed by atoms with E-state index in [9.17, 15) is 4.79 Å². The quantitative estimate of drug-likeness (QED) is 0.514. The van der Waals surface area contributed by atoms with Crippen LogP contribution in [0.25, 0.3) is 10.9 Å². The molecule has 3 fully saturated rings. The topological polar surface area (TPSA) is 60.9 Å². The zero-order valence-electron chi connectivity index (χ0n) is 18.7. The fourth-order valence-electron chi connectivity index (χ4n) is 5.54. The van der Waals surface area contributed by atoms with Crippen molar-refractivity contribution in [2.24, 2.45) is 0 Å². The highest BCUT2D eigenvalue weighted by Gasteiger charge is 2.47. The number of anilines is 1. The van der Waals surface area contributed by atoms with Crippen LogP contribution in [-0.2, 0) is 4.74 Å². The summed E-state index contributed by atoms with van der Waals surface area (Å²) in [7, 11) is 3.37. The number of para-hydroxylation sites is 3. The van der Waals surface area contributed by atoms with Crippen molar-refractivity contribution < 1.29 is 19.0 Å². The fraction of sp³-hybridized carbons (Fsp3) is 0.385. The van der Waals surface area contributed by atoms with E-state index in [2.05, 4.69) is 22.0 Å². The molecule has 0 radical (unpaired) electrons. The number of piperidine rings is 1. The summed E-state index contributed by atoms with van der Waals surface area (Å²) >= 11 is 0. The molecule has 32 heavy (non-hydrogen) atoms. The van der Waals surface area contributed by atoms with Gasteiger partial charge in [0.2, 0.25) is 0 Å². The maximum absolute atomic E-state index is 12.8. The van der Waals surface area contributed by atoms with Gasteiger partial charge in [0.1, 0.15) is 17.0 Å². The Morgan fingerprint density at radius 1 is 1.00 bits per heavy atom. The zero-order valence-corrected chi connectivity index (χ0v) is 18.7. The monoisotopic (exact) mass is 432 g/mol. The number of fused-ring (bicyclic) bond motifs is 3. The lowest BCUT2D eigenvalue weighted by molar-refractivity contribution is 0.0523. The number of ether oxygens (including phenoxy) is 3. The third kappa shape index (κ3) is 3.25. The lowest BCUT2D eigenvalue weighted by atomic mass is 9.69. The van der Waals surface area contributed by atoms with Crippen LogP contribution in [-0.4, -0.2) is 43.9 Å². The van der Waals surface area contributed by atoms with E-state index < -0.39 is 0 Å². The van der Waals surface area contributed by atoms with Crippen molar-refractivity contribution in [2.45, 2.75) is 44.2 Å². The van der Waals surface area contributed by atoms with Crippen LogP contribution in [0.3, 0.4) is 0 Å². The average molecular weight is 433 g/mol. The average Bonchev–Trinajstić information content (AvgIpc) is 2.83. The summed E-state index contributed by atoms with van der Waals surface area (Å²) < 4.78 is 16.5. The first-order valence-electron chi connectivity index (χ1n) is 11.2. The first-order chi connectivity index (χ1) is 15.7. The van der Waals surface area contributed by atoms with E-state index >= 15 is 0 Å². The summed E-state index contributed by atoms with van der Waals surface area (Å²) in [6.07, 6.45) is 4.76. The molecule has 2 atom stereocenters. The van der Waals surface area contributed by atoms with Gasteiger partial charge in [-0.15, -0.1) is 0 Å². The van der Waals surface area contributed by atoms with E-state index in [0.29, 0.717) is 24.3 Å². The van der Waals surface area contributed by atoms with Gasteiger partial charge in [-0.3, -0.25) is 4.98 Å². The summed E-state index contributed by atoms with van der Waals surface area (Å²) in [4.78, 5) is 19.9. The van der Waals surface area contributed by atoms with Crippen LogP contribution in [0.2, 0.25) is 0 Å². The Hall–Kier alpha value is -3.28. The van der Waals surface area contributed by atoms with E-state index in [1.54, 1.807) is 20.4 Å². The van der Waals surface area contributed by atoms with Crippen molar-refractivity contribution in [3.63, 3.8) is 0 Å². The van der Waals surface area contributed by atoms with Gasteiger partial charge in [-0.2, -0.15) is 0 Å². The fourth-order valence-corrected chi connectivity index (χ4v) is 5.54. The van der Waals surface area contributed by atoms with E-state index in [-0.39, 0.29) is 11.9 Å². The minimum Gasteiger partial charge on any atom is -0.495 e. The minimum atomic E-state index is -0.305. The van der Waals surface area contributed by atoms with Crippen molar-refractivity contribution in [3.8, 4) is 11.5 Å². The molecule has 6 nitrogen and oxygen atoms in total. The number of methoxy groups -OCH3 is 2. The largest absolute Gasteiger partial charge is 0.495 e. The van der Waals surface area contributed by atoms with Gasteiger partial charge in [0.25, 0.3) is 0 Å². The van der Waals surface area contributed by atoms with Crippen LogP contribution in [0.1, 0.15) is 48.0 Å². The van der Waals surface area contributed by atoms with Crippen molar-refractivity contribution in [2.75, 3.05) is 25.7 Å². The predicted octanol–water partition coefficient (Wildman–Crippen LogP) is 4.95. The summed E-state index contributed by atoms with van der Waals surface area (Å²) in [5.41, 5.74) is 3.56. The molecule has 2 saturated heterocycles. The van der Waals surface area contributed by atoms with Crippen LogP contribution in [0, 0.1) is 0 Å². The summed E-state index contributed by atoms with van der Waals surface area (Å²) in [6, 6.07) is 15.0. The van der Waals surface area contributed by atoms with Crippen LogP contribution < -0.4 is 14.4 Å². The van der Waals surface area contributed by atoms with Crippen molar-refractivity contribution in [1.29, 1.82) is 0 Å². The standard InChI is InChI=1S/C26H28N2O4/c1-4-32-26(29)20-15-27-25-19(8-7-11-23(25)31-3)24(20)16-12-17-14-18(13-16)28(17)21-9-5-6-10-22(21)30-2/h5-11,15-18H,4,12-14H2,1-3H3. The first kappa shape index (κ1) is 20.6. The van der Waals surface area contributed by atoms with Crippen LogP contribution in [0.5, 0.6) is 11.5 Å². The Kier molecular flexibility index (Phi) is 5.37. The molecule has 2 unspecified atom stereocenters. The molecule has 0 N–H and O–H groups in total. The minimum absolute atomic E-state index is 0.252. The van der Waals surface area contributed by atoms with Gasteiger partial charge in [-0.25, -0.2) is 4.79 Å². The molecular formula is C26H28N2O4.